The number of nitriles is 1. The highest BCUT2D eigenvalue weighted by Crippen LogP contribution is 2.45. The van der Waals surface area contributed by atoms with Gasteiger partial charge in [-0.3, -0.25) is 0 Å². The fraction of sp³-hybridized carbons (Fsp3) is 0.167. The third-order valence-electron chi connectivity index (χ3n) is 2.21. The first-order chi connectivity index (χ1) is 8.11. The molecule has 5 heteroatoms. The maximum atomic E-state index is 9.19. The quantitative estimate of drug-likeness (QED) is 0.699. The van der Waals surface area contributed by atoms with Crippen LogP contribution in [0.4, 0.5) is 0 Å². The van der Waals surface area contributed by atoms with E-state index in [9.17, 15) is 5.26 Å². The summed E-state index contributed by atoms with van der Waals surface area (Å²) in [6.07, 6.45) is 0. The summed E-state index contributed by atoms with van der Waals surface area (Å²) in [4.78, 5) is 0.959. The molecule has 0 saturated carbocycles. The van der Waals surface area contributed by atoms with Crippen LogP contribution in [0.2, 0.25) is 5.02 Å². The number of nitrogens with zero attached hydrogens (tertiary/aromatic N) is 1. The highest BCUT2D eigenvalue weighted by Gasteiger charge is 2.24. The molecule has 0 radical (unpaired) electrons. The Hall–Kier alpha value is -0.470. The van der Waals surface area contributed by atoms with Crippen LogP contribution in [0.3, 0.4) is 0 Å². The Kier molecular flexibility index (Phi) is 4.16. The van der Waals surface area contributed by atoms with Gasteiger partial charge in [-0.2, -0.15) is 5.26 Å². The smallest absolute Gasteiger partial charge is 0.102 e. The molecular formula is C12H8ClNS3. The molecule has 1 aromatic carbocycles. The van der Waals surface area contributed by atoms with Crippen molar-refractivity contribution in [3.05, 3.63) is 40.4 Å². The Balaban J connectivity index is 2.50. The molecular weight excluding hydrogens is 290 g/mol. The SMILES string of the molecule is CC1SC(=S)C(C#N)=C(c2ccc(Cl)cc2)S1. The average Bonchev–Trinajstić information content (AvgIpc) is 2.29. The summed E-state index contributed by atoms with van der Waals surface area (Å²) in [5.41, 5.74) is 1.61. The van der Waals surface area contributed by atoms with E-state index >= 15 is 0 Å². The number of rotatable bonds is 1. The molecule has 1 aliphatic heterocycles. The highest BCUT2D eigenvalue weighted by atomic mass is 35.5. The number of thiocarbonyl (C=S) groups is 1. The Morgan fingerprint density at radius 1 is 1.29 bits per heavy atom. The lowest BCUT2D eigenvalue weighted by Gasteiger charge is -2.21. The minimum atomic E-state index is 0.338. The molecule has 0 amide bonds. The first kappa shape index (κ1) is 13.0. The zero-order valence-electron chi connectivity index (χ0n) is 8.94. The fourth-order valence-electron chi connectivity index (χ4n) is 1.46. The first-order valence-electron chi connectivity index (χ1n) is 4.90. The van der Waals surface area contributed by atoms with Crippen molar-refractivity contribution in [1.82, 2.24) is 0 Å². The van der Waals surface area contributed by atoms with Crippen molar-refractivity contribution in [2.24, 2.45) is 0 Å². The van der Waals surface area contributed by atoms with E-state index in [1.807, 2.05) is 24.3 Å². The minimum Gasteiger partial charge on any atom is -0.192 e. The highest BCUT2D eigenvalue weighted by molar-refractivity contribution is 8.33. The maximum Gasteiger partial charge on any atom is 0.102 e. The van der Waals surface area contributed by atoms with Crippen molar-refractivity contribution >= 4 is 56.4 Å². The number of hydrogen-bond acceptors (Lipinski definition) is 4. The van der Waals surface area contributed by atoms with E-state index in [4.69, 9.17) is 23.8 Å². The van der Waals surface area contributed by atoms with Gasteiger partial charge in [0.2, 0.25) is 0 Å². The second-order valence-electron chi connectivity index (χ2n) is 3.41. The van der Waals surface area contributed by atoms with E-state index < -0.39 is 0 Å². The second-order valence-corrected chi connectivity index (χ2v) is 7.52. The van der Waals surface area contributed by atoms with Crippen LogP contribution in [-0.4, -0.2) is 8.78 Å². The molecule has 0 N–H and O–H groups in total. The summed E-state index contributed by atoms with van der Waals surface area (Å²) >= 11 is 14.3. The van der Waals surface area contributed by atoms with Gasteiger partial charge in [-0.1, -0.05) is 47.7 Å². The molecule has 1 atom stereocenters. The third-order valence-corrected chi connectivity index (χ3v) is 5.29. The molecule has 1 nitrogen and oxygen atoms in total. The maximum absolute atomic E-state index is 9.19. The summed E-state index contributed by atoms with van der Waals surface area (Å²) in [6.45, 7) is 2.09. The third kappa shape index (κ3) is 2.86. The molecule has 0 saturated heterocycles. The van der Waals surface area contributed by atoms with Gasteiger partial charge in [0.1, 0.15) is 6.07 Å². The summed E-state index contributed by atoms with van der Waals surface area (Å²) in [5, 5.41) is 9.88. The van der Waals surface area contributed by atoms with Crippen LogP contribution in [-0.2, 0) is 0 Å². The molecule has 1 heterocycles. The van der Waals surface area contributed by atoms with E-state index in [0.717, 1.165) is 10.5 Å². The van der Waals surface area contributed by atoms with Gasteiger partial charge in [-0.15, -0.1) is 11.8 Å². The van der Waals surface area contributed by atoms with Crippen molar-refractivity contribution in [1.29, 1.82) is 5.26 Å². The minimum absolute atomic E-state index is 0.338. The zero-order valence-corrected chi connectivity index (χ0v) is 12.1. The first-order valence-corrected chi connectivity index (χ1v) is 7.44. The van der Waals surface area contributed by atoms with Gasteiger partial charge in [0.15, 0.2) is 0 Å². The van der Waals surface area contributed by atoms with Gasteiger partial charge >= 0.3 is 0 Å². The van der Waals surface area contributed by atoms with Crippen LogP contribution in [0, 0.1) is 11.3 Å². The number of benzene rings is 1. The number of hydrogen-bond donors (Lipinski definition) is 0. The largest absolute Gasteiger partial charge is 0.192 e. The van der Waals surface area contributed by atoms with Crippen molar-refractivity contribution in [2.75, 3.05) is 0 Å². The van der Waals surface area contributed by atoms with E-state index in [1.54, 1.807) is 23.5 Å². The van der Waals surface area contributed by atoms with Gasteiger partial charge < -0.3 is 0 Å². The fourth-order valence-corrected chi connectivity index (χ4v) is 4.69. The summed E-state index contributed by atoms with van der Waals surface area (Å²) in [5.74, 6) is 0. The van der Waals surface area contributed by atoms with Crippen molar-refractivity contribution in [3.63, 3.8) is 0 Å². The molecule has 0 fully saturated rings. The molecule has 0 spiro atoms. The van der Waals surface area contributed by atoms with Crippen molar-refractivity contribution in [2.45, 2.75) is 11.5 Å². The van der Waals surface area contributed by atoms with Gasteiger partial charge in [0.25, 0.3) is 0 Å². The van der Waals surface area contributed by atoms with E-state index in [-0.39, 0.29) is 0 Å². The number of thioether (sulfide) groups is 2. The molecule has 2 rings (SSSR count). The second kappa shape index (κ2) is 5.45. The van der Waals surface area contributed by atoms with Crippen LogP contribution >= 0.6 is 47.3 Å². The molecule has 1 unspecified atom stereocenters. The standard InChI is InChI=1S/C12H8ClNS3/c1-7-16-11(10(6-14)12(15)17-7)8-2-4-9(13)5-3-8/h2-5,7H,1H3. The van der Waals surface area contributed by atoms with Crippen LogP contribution < -0.4 is 0 Å². The van der Waals surface area contributed by atoms with E-state index in [2.05, 4.69) is 13.0 Å². The Labute approximate surface area is 119 Å². The van der Waals surface area contributed by atoms with E-state index in [0.29, 0.717) is 19.4 Å². The predicted molar refractivity (Wildman–Crippen MR) is 81.2 cm³/mol. The normalized spacial score (nSPS) is 20.3. The zero-order chi connectivity index (χ0) is 12.4. The molecule has 0 bridgehead atoms. The van der Waals surface area contributed by atoms with Crippen LogP contribution in [0.1, 0.15) is 12.5 Å². The Morgan fingerprint density at radius 2 is 1.94 bits per heavy atom. The van der Waals surface area contributed by atoms with Crippen LogP contribution in [0.5, 0.6) is 0 Å². The molecule has 0 aromatic heterocycles. The van der Waals surface area contributed by atoms with Crippen LogP contribution in [0.15, 0.2) is 29.8 Å². The average molecular weight is 298 g/mol. The monoisotopic (exact) mass is 297 g/mol. The molecule has 17 heavy (non-hydrogen) atoms. The van der Waals surface area contributed by atoms with Crippen molar-refractivity contribution in [3.8, 4) is 6.07 Å². The topological polar surface area (TPSA) is 23.8 Å². The Bertz CT molecular complexity index is 528. The van der Waals surface area contributed by atoms with Crippen LogP contribution in [0.25, 0.3) is 4.91 Å². The summed E-state index contributed by atoms with van der Waals surface area (Å²) in [7, 11) is 0. The molecule has 86 valence electrons. The molecule has 1 aromatic rings. The van der Waals surface area contributed by atoms with E-state index in [1.165, 1.54) is 0 Å². The van der Waals surface area contributed by atoms with Gasteiger partial charge in [-0.05, 0) is 24.6 Å². The lowest BCUT2D eigenvalue weighted by atomic mass is 10.1. The number of halogens is 1. The van der Waals surface area contributed by atoms with Gasteiger partial charge in [0.05, 0.1) is 14.4 Å². The Morgan fingerprint density at radius 3 is 2.53 bits per heavy atom. The lowest BCUT2D eigenvalue weighted by Crippen LogP contribution is -2.07. The summed E-state index contributed by atoms with van der Waals surface area (Å²) < 4.78 is 1.02. The predicted octanol–water partition coefficient (Wildman–Crippen LogP) is 4.73. The summed E-state index contributed by atoms with van der Waals surface area (Å²) in [6, 6.07) is 9.71. The van der Waals surface area contributed by atoms with Crippen molar-refractivity contribution < 1.29 is 0 Å². The van der Waals surface area contributed by atoms with Gasteiger partial charge in [-0.25, -0.2) is 0 Å². The van der Waals surface area contributed by atoms with Gasteiger partial charge in [0, 0.05) is 9.93 Å². The molecule has 0 aliphatic carbocycles. The lowest BCUT2D eigenvalue weighted by molar-refractivity contribution is 1.43. The molecule has 1 aliphatic rings.